The van der Waals surface area contributed by atoms with Gasteiger partial charge in [-0.3, -0.25) is 4.79 Å². The molecule has 0 radical (unpaired) electrons. The molecule has 0 fully saturated rings. The molecule has 2 aromatic rings. The summed E-state index contributed by atoms with van der Waals surface area (Å²) < 4.78 is 25.0. The van der Waals surface area contributed by atoms with Gasteiger partial charge in [0.1, 0.15) is 11.9 Å². The van der Waals surface area contributed by atoms with E-state index in [2.05, 4.69) is 6.58 Å². The van der Waals surface area contributed by atoms with Crippen LogP contribution in [-0.4, -0.2) is 18.2 Å². The summed E-state index contributed by atoms with van der Waals surface area (Å²) in [6.07, 6.45) is 1.55. The van der Waals surface area contributed by atoms with Gasteiger partial charge < -0.3 is 9.47 Å². The van der Waals surface area contributed by atoms with Gasteiger partial charge in [0.2, 0.25) is 0 Å². The molecule has 0 aromatic heterocycles. The average Bonchev–Trinajstić information content (AvgIpc) is 2.70. The van der Waals surface area contributed by atoms with E-state index in [1.165, 1.54) is 12.1 Å². The number of hydrogen-bond acceptors (Lipinski definition) is 3. The van der Waals surface area contributed by atoms with Gasteiger partial charge in [-0.05, 0) is 36.6 Å². The number of halogens is 1. The molecule has 0 aliphatic rings. The maximum absolute atomic E-state index is 13.2. The highest BCUT2D eigenvalue weighted by molar-refractivity contribution is 5.71. The highest BCUT2D eigenvalue weighted by atomic mass is 19.1. The number of ether oxygens (including phenoxy) is 2. The summed E-state index contributed by atoms with van der Waals surface area (Å²) in [5.74, 6) is -0.939. The van der Waals surface area contributed by atoms with Gasteiger partial charge in [-0.2, -0.15) is 0 Å². The van der Waals surface area contributed by atoms with Gasteiger partial charge in [0, 0.05) is 5.92 Å². The molecular weight excluding hydrogens is 355 g/mol. The Morgan fingerprint density at radius 1 is 1.04 bits per heavy atom. The lowest BCUT2D eigenvalue weighted by Gasteiger charge is -2.30. The predicted octanol–water partition coefficient (Wildman–Crippen LogP) is 5.34. The SMILES string of the molecule is C=C[C@H](Cc1ccc(F)cc1)[C@@H](OC(=O)C(C)C)[C@H](C)OCc1ccccc1. The number of esters is 1. The molecule has 0 unspecified atom stereocenters. The van der Waals surface area contributed by atoms with Crippen LogP contribution >= 0.6 is 0 Å². The third-order valence-electron chi connectivity index (χ3n) is 4.65. The molecule has 0 bridgehead atoms. The van der Waals surface area contributed by atoms with E-state index in [9.17, 15) is 9.18 Å². The Bertz CT molecular complexity index is 740. The quantitative estimate of drug-likeness (QED) is 0.409. The molecular formula is C24H29FO3. The van der Waals surface area contributed by atoms with E-state index in [1.807, 2.05) is 37.3 Å². The smallest absolute Gasteiger partial charge is 0.308 e. The summed E-state index contributed by atoms with van der Waals surface area (Å²) in [5.41, 5.74) is 2.00. The van der Waals surface area contributed by atoms with Gasteiger partial charge in [-0.25, -0.2) is 4.39 Å². The first kappa shape index (κ1) is 21.8. The lowest BCUT2D eigenvalue weighted by molar-refractivity contribution is -0.164. The van der Waals surface area contributed by atoms with Gasteiger partial charge in [0.05, 0.1) is 18.6 Å². The molecule has 0 saturated heterocycles. The van der Waals surface area contributed by atoms with Gasteiger partial charge >= 0.3 is 5.97 Å². The lowest BCUT2D eigenvalue weighted by Crippen LogP contribution is -2.39. The molecule has 2 aromatic carbocycles. The molecule has 0 saturated carbocycles. The molecule has 4 heteroatoms. The standard InChI is InChI=1S/C24H29FO3/c1-5-21(15-19-11-13-22(25)14-12-19)23(28-24(26)17(2)3)18(4)27-16-20-9-7-6-8-10-20/h5-14,17-18,21,23H,1,15-16H2,2-4H3/t18-,21+,23-/m0/s1. The van der Waals surface area contributed by atoms with Crippen molar-refractivity contribution < 1.29 is 18.7 Å². The third-order valence-corrected chi connectivity index (χ3v) is 4.65. The summed E-state index contributed by atoms with van der Waals surface area (Å²) in [6, 6.07) is 16.2. The summed E-state index contributed by atoms with van der Waals surface area (Å²) >= 11 is 0. The number of benzene rings is 2. The van der Waals surface area contributed by atoms with E-state index < -0.39 is 6.10 Å². The van der Waals surface area contributed by atoms with Crippen LogP contribution in [0.2, 0.25) is 0 Å². The van der Waals surface area contributed by atoms with Crippen molar-refractivity contribution in [2.24, 2.45) is 11.8 Å². The molecule has 0 amide bonds. The minimum Gasteiger partial charge on any atom is -0.459 e. The fourth-order valence-corrected chi connectivity index (χ4v) is 2.92. The molecule has 2 rings (SSSR count). The number of carbonyl (C=O) groups excluding carboxylic acids is 1. The molecule has 0 heterocycles. The van der Waals surface area contributed by atoms with Crippen LogP contribution in [0.3, 0.4) is 0 Å². The Kier molecular flexibility index (Phi) is 8.40. The molecule has 0 aliphatic carbocycles. The van der Waals surface area contributed by atoms with E-state index in [-0.39, 0.29) is 29.7 Å². The lowest BCUT2D eigenvalue weighted by atomic mass is 9.91. The van der Waals surface area contributed by atoms with Gasteiger partial charge in [0.15, 0.2) is 0 Å². The topological polar surface area (TPSA) is 35.5 Å². The third kappa shape index (κ3) is 6.61. The van der Waals surface area contributed by atoms with E-state index in [1.54, 1.807) is 32.1 Å². The summed E-state index contributed by atoms with van der Waals surface area (Å²) in [6.45, 7) is 9.87. The first-order chi connectivity index (χ1) is 13.4. The van der Waals surface area contributed by atoms with Crippen molar-refractivity contribution in [3.05, 3.63) is 84.2 Å². The number of rotatable bonds is 10. The van der Waals surface area contributed by atoms with Crippen LogP contribution in [0.1, 0.15) is 31.9 Å². The average molecular weight is 384 g/mol. The Balaban J connectivity index is 2.13. The molecule has 3 atom stereocenters. The molecule has 0 spiro atoms. The molecule has 3 nitrogen and oxygen atoms in total. The van der Waals surface area contributed by atoms with Crippen molar-refractivity contribution in [1.29, 1.82) is 0 Å². The molecule has 28 heavy (non-hydrogen) atoms. The van der Waals surface area contributed by atoms with E-state index in [4.69, 9.17) is 9.47 Å². The van der Waals surface area contributed by atoms with Gasteiger partial charge in [0.25, 0.3) is 0 Å². The minimum absolute atomic E-state index is 0.154. The Morgan fingerprint density at radius 2 is 1.68 bits per heavy atom. The Morgan fingerprint density at radius 3 is 2.25 bits per heavy atom. The second kappa shape index (κ2) is 10.8. The van der Waals surface area contributed by atoms with Crippen molar-refractivity contribution in [2.45, 2.75) is 46.0 Å². The second-order valence-electron chi connectivity index (χ2n) is 7.29. The van der Waals surface area contributed by atoms with Crippen molar-refractivity contribution in [1.82, 2.24) is 0 Å². The highest BCUT2D eigenvalue weighted by Crippen LogP contribution is 2.23. The van der Waals surface area contributed by atoms with Crippen LogP contribution in [0.25, 0.3) is 0 Å². The van der Waals surface area contributed by atoms with Crippen molar-refractivity contribution in [3.8, 4) is 0 Å². The van der Waals surface area contributed by atoms with E-state index in [0.717, 1.165) is 11.1 Å². The second-order valence-corrected chi connectivity index (χ2v) is 7.29. The van der Waals surface area contributed by atoms with Crippen LogP contribution in [-0.2, 0) is 27.3 Å². The van der Waals surface area contributed by atoms with Crippen LogP contribution in [0.15, 0.2) is 67.3 Å². The Labute approximate surface area is 167 Å². The first-order valence-corrected chi connectivity index (χ1v) is 9.63. The molecule has 0 aliphatic heterocycles. The van der Waals surface area contributed by atoms with Crippen molar-refractivity contribution in [2.75, 3.05) is 0 Å². The number of hydrogen-bond donors (Lipinski definition) is 0. The van der Waals surface area contributed by atoms with E-state index >= 15 is 0 Å². The normalized spacial score (nSPS) is 14.3. The summed E-state index contributed by atoms with van der Waals surface area (Å²) in [4.78, 5) is 12.3. The van der Waals surface area contributed by atoms with Crippen LogP contribution < -0.4 is 0 Å². The fourth-order valence-electron chi connectivity index (χ4n) is 2.92. The molecule has 150 valence electrons. The van der Waals surface area contributed by atoms with Crippen molar-refractivity contribution in [3.63, 3.8) is 0 Å². The van der Waals surface area contributed by atoms with Gasteiger partial charge in [-0.15, -0.1) is 6.58 Å². The predicted molar refractivity (Wildman–Crippen MR) is 109 cm³/mol. The fraction of sp³-hybridized carbons (Fsp3) is 0.375. The zero-order valence-electron chi connectivity index (χ0n) is 16.8. The number of carbonyl (C=O) groups is 1. The largest absolute Gasteiger partial charge is 0.459 e. The summed E-state index contributed by atoms with van der Waals surface area (Å²) in [5, 5.41) is 0. The highest BCUT2D eigenvalue weighted by Gasteiger charge is 2.30. The first-order valence-electron chi connectivity index (χ1n) is 9.63. The van der Waals surface area contributed by atoms with Crippen LogP contribution in [0.4, 0.5) is 4.39 Å². The monoisotopic (exact) mass is 384 g/mol. The minimum atomic E-state index is -0.485. The van der Waals surface area contributed by atoms with Gasteiger partial charge in [-0.1, -0.05) is 62.4 Å². The summed E-state index contributed by atoms with van der Waals surface area (Å²) in [7, 11) is 0. The van der Waals surface area contributed by atoms with Crippen LogP contribution in [0.5, 0.6) is 0 Å². The Hall–Kier alpha value is -2.46. The zero-order valence-corrected chi connectivity index (χ0v) is 16.8. The maximum Gasteiger partial charge on any atom is 0.308 e. The van der Waals surface area contributed by atoms with Crippen molar-refractivity contribution >= 4 is 5.97 Å². The maximum atomic E-state index is 13.2. The molecule has 0 N–H and O–H groups in total. The van der Waals surface area contributed by atoms with E-state index in [0.29, 0.717) is 13.0 Å². The zero-order chi connectivity index (χ0) is 20.5. The van der Waals surface area contributed by atoms with Crippen LogP contribution in [0, 0.1) is 17.7 Å².